The third-order valence-corrected chi connectivity index (χ3v) is 2.13. The van der Waals surface area contributed by atoms with E-state index in [0.717, 1.165) is 18.2 Å². The summed E-state index contributed by atoms with van der Waals surface area (Å²) in [6, 6.07) is 4.38. The maximum Gasteiger partial charge on any atom is 0.335 e. The van der Waals surface area contributed by atoms with Crippen molar-refractivity contribution in [2.24, 2.45) is 0 Å². The minimum atomic E-state index is -1.22. The number of carbonyl (C=O) groups excluding carboxylic acids is 1. The number of hydrogen-bond acceptors (Lipinski definition) is 4. The highest BCUT2D eigenvalue weighted by Crippen LogP contribution is 2.17. The molecule has 2 aromatic rings. The van der Waals surface area contributed by atoms with Crippen molar-refractivity contribution in [3.63, 3.8) is 0 Å². The molecule has 0 aliphatic heterocycles. The van der Waals surface area contributed by atoms with E-state index >= 15 is 0 Å². The van der Waals surface area contributed by atoms with Gasteiger partial charge in [-0.05, 0) is 18.2 Å². The number of nitrogens with zero attached hydrogens (tertiary/aromatic N) is 1. The SMILES string of the molecule is O=C(O)c1ccc(F)c(NC(=O)c2ccon2)c1. The van der Waals surface area contributed by atoms with Crippen molar-refractivity contribution in [1.29, 1.82) is 0 Å². The number of aromatic nitrogens is 1. The molecule has 0 aliphatic rings. The molecule has 2 rings (SSSR count). The highest BCUT2D eigenvalue weighted by molar-refractivity contribution is 6.03. The first-order valence-electron chi connectivity index (χ1n) is 4.82. The van der Waals surface area contributed by atoms with Crippen molar-refractivity contribution >= 4 is 17.6 Å². The molecule has 0 spiro atoms. The van der Waals surface area contributed by atoms with Crippen molar-refractivity contribution < 1.29 is 23.6 Å². The number of halogens is 1. The predicted octanol–water partition coefficient (Wildman–Crippen LogP) is 1.76. The second kappa shape index (κ2) is 4.66. The van der Waals surface area contributed by atoms with E-state index in [-0.39, 0.29) is 16.9 Å². The number of hydrogen-bond donors (Lipinski definition) is 2. The van der Waals surface area contributed by atoms with Crippen molar-refractivity contribution in [3.8, 4) is 0 Å². The molecule has 7 heteroatoms. The van der Waals surface area contributed by atoms with Gasteiger partial charge in [-0.2, -0.15) is 0 Å². The Bertz CT molecular complexity index is 595. The largest absolute Gasteiger partial charge is 0.478 e. The number of nitrogens with one attached hydrogen (secondary N) is 1. The fourth-order valence-electron chi connectivity index (χ4n) is 1.27. The third kappa shape index (κ3) is 2.34. The number of rotatable bonds is 3. The summed E-state index contributed by atoms with van der Waals surface area (Å²) in [6.45, 7) is 0. The van der Waals surface area contributed by atoms with Crippen LogP contribution in [0.5, 0.6) is 0 Å². The molecule has 0 saturated heterocycles. The Morgan fingerprint density at radius 3 is 2.72 bits per heavy atom. The number of carboxylic acid groups (broad SMARTS) is 1. The third-order valence-electron chi connectivity index (χ3n) is 2.13. The van der Waals surface area contributed by atoms with Crippen LogP contribution in [-0.4, -0.2) is 22.1 Å². The van der Waals surface area contributed by atoms with E-state index < -0.39 is 17.7 Å². The summed E-state index contributed by atoms with van der Waals surface area (Å²) >= 11 is 0. The van der Waals surface area contributed by atoms with Gasteiger partial charge < -0.3 is 14.9 Å². The molecule has 0 atom stereocenters. The number of aromatic carboxylic acids is 1. The molecule has 0 fully saturated rings. The Morgan fingerprint density at radius 2 is 2.11 bits per heavy atom. The van der Waals surface area contributed by atoms with E-state index in [1.54, 1.807) is 0 Å². The first-order valence-corrected chi connectivity index (χ1v) is 4.82. The Hall–Kier alpha value is -2.70. The lowest BCUT2D eigenvalue weighted by Crippen LogP contribution is -2.14. The van der Waals surface area contributed by atoms with Crippen molar-refractivity contribution in [3.05, 3.63) is 47.6 Å². The zero-order valence-electron chi connectivity index (χ0n) is 8.88. The summed E-state index contributed by atoms with van der Waals surface area (Å²) in [5.41, 5.74) is -0.398. The van der Waals surface area contributed by atoms with Crippen LogP contribution in [0.4, 0.5) is 10.1 Å². The smallest absolute Gasteiger partial charge is 0.335 e. The van der Waals surface area contributed by atoms with Gasteiger partial charge in [-0.3, -0.25) is 4.79 Å². The fourth-order valence-corrected chi connectivity index (χ4v) is 1.27. The van der Waals surface area contributed by atoms with Gasteiger partial charge in [0.2, 0.25) is 0 Å². The lowest BCUT2D eigenvalue weighted by atomic mass is 10.2. The Morgan fingerprint density at radius 1 is 1.33 bits per heavy atom. The monoisotopic (exact) mass is 250 g/mol. The van der Waals surface area contributed by atoms with E-state index in [9.17, 15) is 14.0 Å². The quantitative estimate of drug-likeness (QED) is 0.865. The molecular formula is C11H7FN2O4. The van der Waals surface area contributed by atoms with E-state index in [0.29, 0.717) is 0 Å². The molecule has 0 radical (unpaired) electrons. The molecule has 0 unspecified atom stereocenters. The molecular weight excluding hydrogens is 243 g/mol. The molecule has 92 valence electrons. The highest BCUT2D eigenvalue weighted by Gasteiger charge is 2.14. The van der Waals surface area contributed by atoms with Gasteiger partial charge in [-0.15, -0.1) is 0 Å². The molecule has 2 N–H and O–H groups in total. The normalized spacial score (nSPS) is 10.1. The fraction of sp³-hybridized carbons (Fsp3) is 0. The van der Waals surface area contributed by atoms with Crippen LogP contribution in [0.15, 0.2) is 35.1 Å². The molecule has 18 heavy (non-hydrogen) atoms. The number of benzene rings is 1. The van der Waals surface area contributed by atoms with E-state index in [4.69, 9.17) is 5.11 Å². The molecule has 1 aromatic heterocycles. The van der Waals surface area contributed by atoms with Gasteiger partial charge >= 0.3 is 5.97 Å². The molecule has 1 aromatic carbocycles. The minimum absolute atomic E-state index is 0.0323. The average Bonchev–Trinajstić information content (AvgIpc) is 2.85. The highest BCUT2D eigenvalue weighted by atomic mass is 19.1. The predicted molar refractivity (Wildman–Crippen MR) is 57.8 cm³/mol. The topological polar surface area (TPSA) is 92.4 Å². The summed E-state index contributed by atoms with van der Waals surface area (Å²) in [5.74, 6) is -2.64. The van der Waals surface area contributed by atoms with Gasteiger partial charge in [0, 0.05) is 6.07 Å². The van der Waals surface area contributed by atoms with Crippen molar-refractivity contribution in [1.82, 2.24) is 5.16 Å². The number of anilines is 1. The molecule has 6 nitrogen and oxygen atoms in total. The summed E-state index contributed by atoms with van der Waals surface area (Å²) < 4.78 is 17.9. The first-order chi connectivity index (χ1) is 8.58. The number of carboxylic acids is 1. The van der Waals surface area contributed by atoms with E-state index in [1.807, 2.05) is 0 Å². The van der Waals surface area contributed by atoms with Gasteiger partial charge in [-0.25, -0.2) is 9.18 Å². The number of amides is 1. The van der Waals surface area contributed by atoms with Crippen LogP contribution in [0.1, 0.15) is 20.8 Å². The van der Waals surface area contributed by atoms with Crippen LogP contribution in [0.2, 0.25) is 0 Å². The maximum absolute atomic E-state index is 13.4. The molecule has 0 bridgehead atoms. The summed E-state index contributed by atoms with van der Waals surface area (Å²) in [5, 5.41) is 14.3. The lowest BCUT2D eigenvalue weighted by molar-refractivity contribution is 0.0696. The Kier molecular flexibility index (Phi) is 3.05. The maximum atomic E-state index is 13.4. The average molecular weight is 250 g/mol. The number of carbonyl (C=O) groups is 2. The van der Waals surface area contributed by atoms with Gasteiger partial charge in [-0.1, -0.05) is 5.16 Å². The summed E-state index contributed by atoms with van der Waals surface area (Å²) in [6.07, 6.45) is 1.19. The van der Waals surface area contributed by atoms with Gasteiger partial charge in [0.15, 0.2) is 5.69 Å². The van der Waals surface area contributed by atoms with Crippen molar-refractivity contribution in [2.75, 3.05) is 5.32 Å². The van der Waals surface area contributed by atoms with Crippen LogP contribution in [0.25, 0.3) is 0 Å². The zero-order chi connectivity index (χ0) is 13.1. The van der Waals surface area contributed by atoms with Crippen LogP contribution < -0.4 is 5.32 Å². The molecule has 0 aliphatic carbocycles. The minimum Gasteiger partial charge on any atom is -0.478 e. The van der Waals surface area contributed by atoms with Crippen molar-refractivity contribution in [2.45, 2.75) is 0 Å². The first kappa shape index (κ1) is 11.8. The Labute approximate surface area is 100 Å². The Balaban J connectivity index is 2.26. The van der Waals surface area contributed by atoms with Crippen LogP contribution in [-0.2, 0) is 0 Å². The molecule has 1 amide bonds. The van der Waals surface area contributed by atoms with Crippen LogP contribution in [0, 0.1) is 5.82 Å². The molecule has 1 heterocycles. The van der Waals surface area contributed by atoms with Gasteiger partial charge in [0.25, 0.3) is 5.91 Å². The van der Waals surface area contributed by atoms with Crippen LogP contribution >= 0.6 is 0 Å². The standard InChI is InChI=1S/C11H7FN2O4/c12-7-2-1-6(11(16)17)5-9(7)13-10(15)8-3-4-18-14-8/h1-5H,(H,13,15)(H,16,17). The summed E-state index contributed by atoms with van der Waals surface area (Å²) in [7, 11) is 0. The van der Waals surface area contributed by atoms with Crippen LogP contribution in [0.3, 0.4) is 0 Å². The lowest BCUT2D eigenvalue weighted by Gasteiger charge is -2.05. The molecule has 0 saturated carbocycles. The zero-order valence-corrected chi connectivity index (χ0v) is 8.88. The van der Waals surface area contributed by atoms with E-state index in [1.165, 1.54) is 12.3 Å². The second-order valence-corrected chi connectivity index (χ2v) is 3.34. The van der Waals surface area contributed by atoms with Gasteiger partial charge in [0.05, 0.1) is 11.3 Å². The summed E-state index contributed by atoms with van der Waals surface area (Å²) in [4.78, 5) is 22.3. The van der Waals surface area contributed by atoms with E-state index in [2.05, 4.69) is 15.0 Å². The second-order valence-electron chi connectivity index (χ2n) is 3.34. The van der Waals surface area contributed by atoms with Gasteiger partial charge in [0.1, 0.15) is 12.1 Å².